The molecule has 32 heavy (non-hydrogen) atoms. The molecule has 7 heteroatoms. The second-order valence-corrected chi connectivity index (χ2v) is 11.1. The molecule has 0 bridgehead atoms. The summed E-state index contributed by atoms with van der Waals surface area (Å²) in [4.78, 5) is 2.20. The summed E-state index contributed by atoms with van der Waals surface area (Å²) in [5, 5.41) is 0. The van der Waals surface area contributed by atoms with Crippen LogP contribution in [0.4, 0.5) is 4.39 Å². The summed E-state index contributed by atoms with van der Waals surface area (Å²) in [7, 11) is -0.0348. The van der Waals surface area contributed by atoms with Crippen molar-refractivity contribution >= 4 is 10.0 Å². The number of ether oxygens (including phenoxy) is 1. The van der Waals surface area contributed by atoms with Gasteiger partial charge >= 0.3 is 0 Å². The third-order valence-electron chi connectivity index (χ3n) is 6.58. The van der Waals surface area contributed by atoms with E-state index in [1.165, 1.54) is 74.1 Å². The summed E-state index contributed by atoms with van der Waals surface area (Å²) in [5.41, 5.74) is 0. The van der Waals surface area contributed by atoms with Gasteiger partial charge in [-0.15, -0.1) is 0 Å². The van der Waals surface area contributed by atoms with Crippen molar-refractivity contribution in [2.75, 3.05) is 33.8 Å². The smallest absolute Gasteiger partial charge is 0.245 e. The molecule has 0 amide bonds. The maximum absolute atomic E-state index is 14.0. The van der Waals surface area contributed by atoms with Crippen LogP contribution in [0.5, 0.6) is 0 Å². The predicted molar refractivity (Wildman–Crippen MR) is 129 cm³/mol. The first kappa shape index (κ1) is 27.2. The van der Waals surface area contributed by atoms with E-state index in [0.29, 0.717) is 0 Å². The molecule has 0 atom stereocenters. The number of rotatable bonds is 15. The van der Waals surface area contributed by atoms with Gasteiger partial charge < -0.3 is 9.64 Å². The number of unbranched alkanes of at least 4 members (excludes halogenated alkanes) is 5. The molecule has 5 nitrogen and oxygen atoms in total. The minimum absolute atomic E-state index is 0.103. The van der Waals surface area contributed by atoms with Gasteiger partial charge in [-0.05, 0) is 77.2 Å². The molecule has 0 aromatic heterocycles. The Labute approximate surface area is 195 Å². The zero-order chi connectivity index (χ0) is 23.4. The SMILES string of the molecule is CCCCCN(C)CCCCCCOC1CCC(N(C)S(=O)(=O)c2ccccc2F)CC1. The molecule has 2 rings (SSSR count). The Kier molecular flexibility index (Phi) is 12.2. The Morgan fingerprint density at radius 2 is 1.56 bits per heavy atom. The number of halogens is 1. The van der Waals surface area contributed by atoms with Crippen LogP contribution in [0.25, 0.3) is 0 Å². The lowest BCUT2D eigenvalue weighted by Crippen LogP contribution is -2.41. The topological polar surface area (TPSA) is 49.9 Å². The zero-order valence-corrected chi connectivity index (χ0v) is 21.1. The van der Waals surface area contributed by atoms with Crippen molar-refractivity contribution in [2.45, 2.75) is 94.6 Å². The van der Waals surface area contributed by atoms with Gasteiger partial charge in [-0.1, -0.05) is 44.7 Å². The van der Waals surface area contributed by atoms with E-state index < -0.39 is 15.8 Å². The molecule has 0 heterocycles. The number of benzene rings is 1. The van der Waals surface area contributed by atoms with E-state index in [-0.39, 0.29) is 17.0 Å². The summed E-state index contributed by atoms with van der Waals surface area (Å²) >= 11 is 0. The third-order valence-corrected chi connectivity index (χ3v) is 8.53. The zero-order valence-electron chi connectivity index (χ0n) is 20.3. The fourth-order valence-corrected chi connectivity index (χ4v) is 5.89. The van der Waals surface area contributed by atoms with E-state index >= 15 is 0 Å². The molecule has 0 saturated heterocycles. The van der Waals surface area contributed by atoms with Gasteiger partial charge in [-0.3, -0.25) is 0 Å². The minimum atomic E-state index is -3.82. The molecule has 0 spiro atoms. The van der Waals surface area contributed by atoms with Gasteiger partial charge in [0.2, 0.25) is 10.0 Å². The van der Waals surface area contributed by atoms with Gasteiger partial charge in [0.05, 0.1) is 6.10 Å². The van der Waals surface area contributed by atoms with Crippen LogP contribution in [0.1, 0.15) is 77.6 Å². The molecule has 184 valence electrons. The Morgan fingerprint density at radius 1 is 0.938 bits per heavy atom. The standard InChI is InChI=1S/C25H43FN2O3S/c1-4-5-10-19-27(2)20-11-6-7-12-21-31-23-17-15-22(16-18-23)28(3)32(29,30)25-14-9-8-13-24(25)26/h8-9,13-14,22-23H,4-7,10-12,15-21H2,1-3H3. The normalized spacial score (nSPS) is 19.7. The van der Waals surface area contributed by atoms with E-state index in [9.17, 15) is 12.8 Å². The van der Waals surface area contributed by atoms with Crippen molar-refractivity contribution in [3.63, 3.8) is 0 Å². The molecule has 0 radical (unpaired) electrons. The Balaban J connectivity index is 1.59. The van der Waals surface area contributed by atoms with Gasteiger partial charge in [0, 0.05) is 19.7 Å². The van der Waals surface area contributed by atoms with E-state index in [2.05, 4.69) is 18.9 Å². The first-order chi connectivity index (χ1) is 15.4. The van der Waals surface area contributed by atoms with Gasteiger partial charge in [0.1, 0.15) is 10.7 Å². The summed E-state index contributed by atoms with van der Waals surface area (Å²) in [6, 6.07) is 5.48. The van der Waals surface area contributed by atoms with E-state index in [1.807, 2.05) is 0 Å². The molecule has 1 saturated carbocycles. The van der Waals surface area contributed by atoms with Crippen LogP contribution in [0.15, 0.2) is 29.2 Å². The monoisotopic (exact) mass is 470 g/mol. The lowest BCUT2D eigenvalue weighted by atomic mass is 9.93. The van der Waals surface area contributed by atoms with E-state index in [1.54, 1.807) is 13.1 Å². The van der Waals surface area contributed by atoms with Gasteiger partial charge in [0.15, 0.2) is 0 Å². The van der Waals surface area contributed by atoms with Crippen molar-refractivity contribution in [3.8, 4) is 0 Å². The van der Waals surface area contributed by atoms with Crippen LogP contribution in [-0.2, 0) is 14.8 Å². The summed E-state index contributed by atoms with van der Waals surface area (Å²) in [6.07, 6.45) is 12.1. The van der Waals surface area contributed by atoms with Crippen molar-refractivity contribution < 1.29 is 17.5 Å². The highest BCUT2D eigenvalue weighted by Crippen LogP contribution is 2.29. The summed E-state index contributed by atoms with van der Waals surface area (Å²) in [6.45, 7) is 5.41. The number of hydrogen-bond acceptors (Lipinski definition) is 4. The van der Waals surface area contributed by atoms with Gasteiger partial charge in [-0.25, -0.2) is 12.8 Å². The van der Waals surface area contributed by atoms with Crippen LogP contribution in [0.2, 0.25) is 0 Å². The average molecular weight is 471 g/mol. The Bertz CT molecular complexity index is 751. The van der Waals surface area contributed by atoms with Crippen molar-refractivity contribution in [3.05, 3.63) is 30.1 Å². The second-order valence-electron chi connectivity index (χ2n) is 9.18. The number of hydrogen-bond donors (Lipinski definition) is 0. The fourth-order valence-electron chi connectivity index (χ4n) is 4.41. The van der Waals surface area contributed by atoms with Crippen molar-refractivity contribution in [1.82, 2.24) is 9.21 Å². The number of nitrogens with zero attached hydrogens (tertiary/aromatic N) is 2. The fraction of sp³-hybridized carbons (Fsp3) is 0.760. The molecule has 1 aliphatic carbocycles. The average Bonchev–Trinajstić information content (AvgIpc) is 2.78. The molecule has 0 aliphatic heterocycles. The summed E-state index contributed by atoms with van der Waals surface area (Å²) < 4.78 is 47.0. The summed E-state index contributed by atoms with van der Waals surface area (Å²) in [5.74, 6) is -0.695. The molecule has 1 aromatic rings. The lowest BCUT2D eigenvalue weighted by Gasteiger charge is -2.34. The Morgan fingerprint density at radius 3 is 2.22 bits per heavy atom. The molecular formula is C25H43FN2O3S. The van der Waals surface area contributed by atoms with Crippen LogP contribution in [0, 0.1) is 5.82 Å². The highest BCUT2D eigenvalue weighted by Gasteiger charge is 2.33. The Hall–Kier alpha value is -1.02. The minimum Gasteiger partial charge on any atom is -0.378 e. The van der Waals surface area contributed by atoms with Crippen LogP contribution in [0.3, 0.4) is 0 Å². The molecule has 1 aromatic carbocycles. The molecule has 0 N–H and O–H groups in total. The van der Waals surface area contributed by atoms with E-state index in [4.69, 9.17) is 4.74 Å². The van der Waals surface area contributed by atoms with Gasteiger partial charge in [0.25, 0.3) is 0 Å². The van der Waals surface area contributed by atoms with Crippen molar-refractivity contribution in [2.24, 2.45) is 0 Å². The number of sulfonamides is 1. The molecular weight excluding hydrogens is 427 g/mol. The lowest BCUT2D eigenvalue weighted by molar-refractivity contribution is 0.0156. The quantitative estimate of drug-likeness (QED) is 0.320. The maximum atomic E-state index is 14.0. The molecule has 0 unspecified atom stereocenters. The highest BCUT2D eigenvalue weighted by atomic mass is 32.2. The third kappa shape index (κ3) is 8.73. The van der Waals surface area contributed by atoms with Crippen LogP contribution in [-0.4, -0.2) is 63.6 Å². The highest BCUT2D eigenvalue weighted by molar-refractivity contribution is 7.89. The molecule has 1 aliphatic rings. The maximum Gasteiger partial charge on any atom is 0.245 e. The second kappa shape index (κ2) is 14.3. The first-order valence-corrected chi connectivity index (χ1v) is 13.8. The largest absolute Gasteiger partial charge is 0.378 e. The van der Waals surface area contributed by atoms with Crippen LogP contribution < -0.4 is 0 Å². The van der Waals surface area contributed by atoms with Crippen LogP contribution >= 0.6 is 0 Å². The van der Waals surface area contributed by atoms with Crippen molar-refractivity contribution in [1.29, 1.82) is 0 Å². The van der Waals surface area contributed by atoms with E-state index in [0.717, 1.165) is 38.7 Å². The molecule has 1 fully saturated rings. The first-order valence-electron chi connectivity index (χ1n) is 12.4. The van der Waals surface area contributed by atoms with Gasteiger partial charge in [-0.2, -0.15) is 4.31 Å². The predicted octanol–water partition coefficient (Wildman–Crippen LogP) is 5.46.